The highest BCUT2D eigenvalue weighted by atomic mass is 16.5. The lowest BCUT2D eigenvalue weighted by Crippen LogP contribution is -2.29. The Labute approximate surface area is 118 Å². The Balaban J connectivity index is 2.17. The summed E-state index contributed by atoms with van der Waals surface area (Å²) in [6, 6.07) is 7.50. The molecule has 1 N–H and O–H groups in total. The Kier molecular flexibility index (Phi) is 2.87. The van der Waals surface area contributed by atoms with Crippen LogP contribution in [0.3, 0.4) is 0 Å². The number of esters is 1. The van der Waals surface area contributed by atoms with Crippen molar-refractivity contribution in [3.05, 3.63) is 41.0 Å². The second kappa shape index (κ2) is 4.35. The largest absolute Gasteiger partial charge is 0.487 e. The number of ether oxygens (including phenoxy) is 2. The van der Waals surface area contributed by atoms with E-state index in [2.05, 4.69) is 0 Å². The average molecular weight is 274 g/mol. The Morgan fingerprint density at radius 3 is 2.80 bits per heavy atom. The third-order valence-electron chi connectivity index (χ3n) is 3.96. The third-order valence-corrected chi connectivity index (χ3v) is 3.96. The lowest BCUT2D eigenvalue weighted by Gasteiger charge is -2.28. The van der Waals surface area contributed by atoms with Crippen LogP contribution in [0.2, 0.25) is 0 Å². The van der Waals surface area contributed by atoms with E-state index in [1.165, 1.54) is 7.11 Å². The molecular formula is C16H18O4. The molecule has 106 valence electrons. The molecule has 0 bridgehead atoms. The molecule has 1 aromatic carbocycles. The molecule has 2 unspecified atom stereocenters. The maximum atomic E-state index is 12.1. The first-order valence-electron chi connectivity index (χ1n) is 6.72. The fraction of sp³-hybridized carbons (Fsp3) is 0.438. The fourth-order valence-electron chi connectivity index (χ4n) is 3.13. The van der Waals surface area contributed by atoms with Crippen LogP contribution in [-0.2, 0) is 14.3 Å². The van der Waals surface area contributed by atoms with Gasteiger partial charge in [-0.05, 0) is 25.0 Å². The minimum Gasteiger partial charge on any atom is -0.487 e. The van der Waals surface area contributed by atoms with Crippen LogP contribution in [0.5, 0.6) is 0 Å². The zero-order valence-electron chi connectivity index (χ0n) is 11.8. The number of rotatable bonds is 1. The Bertz CT molecular complexity index is 600. The van der Waals surface area contributed by atoms with Crippen LogP contribution in [0.15, 0.2) is 29.8 Å². The number of fused-ring (bicyclic) bond motifs is 2. The maximum Gasteiger partial charge on any atom is 0.315 e. The quantitative estimate of drug-likeness (QED) is 0.799. The molecule has 1 aromatic rings. The molecule has 0 spiro atoms. The molecule has 0 saturated carbocycles. The molecular weight excluding hydrogens is 256 g/mol. The molecule has 0 aromatic heterocycles. The van der Waals surface area contributed by atoms with Crippen molar-refractivity contribution in [1.29, 1.82) is 0 Å². The molecule has 2 atom stereocenters. The summed E-state index contributed by atoms with van der Waals surface area (Å²) >= 11 is 0. The van der Waals surface area contributed by atoms with Gasteiger partial charge in [-0.15, -0.1) is 0 Å². The molecule has 4 nitrogen and oxygen atoms in total. The van der Waals surface area contributed by atoms with Gasteiger partial charge in [-0.1, -0.05) is 24.3 Å². The lowest BCUT2D eigenvalue weighted by atomic mass is 9.78. The fourth-order valence-corrected chi connectivity index (χ4v) is 3.13. The van der Waals surface area contributed by atoms with Crippen molar-refractivity contribution in [1.82, 2.24) is 0 Å². The van der Waals surface area contributed by atoms with E-state index in [0.29, 0.717) is 6.42 Å². The number of carbonyl (C=O) groups excluding carboxylic acids is 1. The first-order chi connectivity index (χ1) is 9.44. The Morgan fingerprint density at radius 1 is 1.40 bits per heavy atom. The highest BCUT2D eigenvalue weighted by molar-refractivity contribution is 5.84. The minimum absolute atomic E-state index is 0.367. The molecule has 3 rings (SSSR count). The number of benzene rings is 1. The minimum atomic E-state index is -0.880. The zero-order chi connectivity index (χ0) is 14.5. The number of hydrogen-bond acceptors (Lipinski definition) is 4. The summed E-state index contributed by atoms with van der Waals surface area (Å²) in [5, 5.41) is 10.5. The van der Waals surface area contributed by atoms with Crippen molar-refractivity contribution in [3.63, 3.8) is 0 Å². The molecule has 2 aliphatic rings. The molecule has 0 fully saturated rings. The van der Waals surface area contributed by atoms with Crippen molar-refractivity contribution >= 4 is 11.7 Å². The van der Waals surface area contributed by atoms with Crippen molar-refractivity contribution in [2.24, 2.45) is 5.92 Å². The van der Waals surface area contributed by atoms with Gasteiger partial charge in [0.2, 0.25) is 0 Å². The van der Waals surface area contributed by atoms with Gasteiger partial charge in [0.05, 0.1) is 13.2 Å². The second-order valence-electron chi connectivity index (χ2n) is 5.93. The smallest absolute Gasteiger partial charge is 0.315 e. The molecule has 0 saturated heterocycles. The van der Waals surface area contributed by atoms with E-state index >= 15 is 0 Å². The van der Waals surface area contributed by atoms with Gasteiger partial charge in [0.25, 0.3) is 0 Å². The number of hydrogen-bond donors (Lipinski definition) is 1. The SMILES string of the molecule is COC(=O)C1C2=C(OC(C)(C)C2)c2ccccc2C1O. The van der Waals surface area contributed by atoms with Crippen molar-refractivity contribution in [2.45, 2.75) is 32.0 Å². The highest BCUT2D eigenvalue weighted by Gasteiger charge is 2.47. The molecule has 0 amide bonds. The molecule has 1 aliphatic heterocycles. The van der Waals surface area contributed by atoms with Gasteiger partial charge in [0.1, 0.15) is 17.3 Å². The van der Waals surface area contributed by atoms with Crippen molar-refractivity contribution in [3.8, 4) is 0 Å². The molecule has 1 aliphatic carbocycles. The summed E-state index contributed by atoms with van der Waals surface area (Å²) < 4.78 is 10.9. The summed E-state index contributed by atoms with van der Waals surface area (Å²) in [7, 11) is 1.34. The number of aliphatic hydroxyl groups excluding tert-OH is 1. The Hall–Kier alpha value is -1.81. The van der Waals surface area contributed by atoms with E-state index in [1.807, 2.05) is 38.1 Å². The van der Waals surface area contributed by atoms with Gasteiger partial charge in [0.15, 0.2) is 0 Å². The number of carbonyl (C=O) groups is 1. The van der Waals surface area contributed by atoms with E-state index in [0.717, 1.165) is 22.5 Å². The average Bonchev–Trinajstić information content (AvgIpc) is 2.74. The predicted octanol–water partition coefficient (Wildman–Crippen LogP) is 2.43. The summed E-state index contributed by atoms with van der Waals surface area (Å²) in [5.41, 5.74) is 2.07. The van der Waals surface area contributed by atoms with Crippen LogP contribution < -0.4 is 0 Å². The van der Waals surface area contributed by atoms with Crippen LogP contribution in [0, 0.1) is 5.92 Å². The van der Waals surface area contributed by atoms with E-state index in [4.69, 9.17) is 9.47 Å². The van der Waals surface area contributed by atoms with E-state index in [9.17, 15) is 9.90 Å². The predicted molar refractivity (Wildman–Crippen MR) is 73.6 cm³/mol. The van der Waals surface area contributed by atoms with Crippen LogP contribution in [0.4, 0.5) is 0 Å². The van der Waals surface area contributed by atoms with E-state index in [1.54, 1.807) is 0 Å². The normalized spacial score (nSPS) is 26.6. The molecule has 0 radical (unpaired) electrons. The van der Waals surface area contributed by atoms with E-state index in [-0.39, 0.29) is 5.60 Å². The summed E-state index contributed by atoms with van der Waals surface area (Å²) in [6.45, 7) is 3.96. The highest BCUT2D eigenvalue weighted by Crippen LogP contribution is 2.50. The standard InChI is InChI=1S/C16H18O4/c1-16(2)8-11-12(15(18)19-3)13(17)9-6-4-5-7-10(9)14(11)20-16/h4-7,12-13,17H,8H2,1-3H3. The van der Waals surface area contributed by atoms with Gasteiger partial charge >= 0.3 is 5.97 Å². The van der Waals surface area contributed by atoms with Crippen molar-refractivity contribution < 1.29 is 19.4 Å². The lowest BCUT2D eigenvalue weighted by molar-refractivity contribution is -0.147. The molecule has 1 heterocycles. The monoisotopic (exact) mass is 274 g/mol. The van der Waals surface area contributed by atoms with Gasteiger partial charge in [0, 0.05) is 12.0 Å². The van der Waals surface area contributed by atoms with Crippen LogP contribution >= 0.6 is 0 Å². The first-order valence-corrected chi connectivity index (χ1v) is 6.72. The third kappa shape index (κ3) is 1.83. The van der Waals surface area contributed by atoms with Gasteiger partial charge < -0.3 is 14.6 Å². The number of methoxy groups -OCH3 is 1. The second-order valence-corrected chi connectivity index (χ2v) is 5.93. The van der Waals surface area contributed by atoms with Crippen molar-refractivity contribution in [2.75, 3.05) is 7.11 Å². The number of aliphatic hydroxyl groups is 1. The molecule has 4 heteroatoms. The summed E-state index contributed by atoms with van der Waals surface area (Å²) in [6.07, 6.45) is -0.261. The van der Waals surface area contributed by atoms with Crippen LogP contribution in [0.1, 0.15) is 37.5 Å². The zero-order valence-corrected chi connectivity index (χ0v) is 11.8. The first kappa shape index (κ1) is 13.2. The van der Waals surface area contributed by atoms with Crippen LogP contribution in [0.25, 0.3) is 5.76 Å². The van der Waals surface area contributed by atoms with Gasteiger partial charge in [-0.25, -0.2) is 0 Å². The van der Waals surface area contributed by atoms with Gasteiger partial charge in [-0.2, -0.15) is 0 Å². The summed E-state index contributed by atoms with van der Waals surface area (Å²) in [4.78, 5) is 12.1. The Morgan fingerprint density at radius 2 is 2.10 bits per heavy atom. The summed E-state index contributed by atoms with van der Waals surface area (Å²) in [5.74, 6) is -0.362. The topological polar surface area (TPSA) is 55.8 Å². The van der Waals surface area contributed by atoms with Crippen LogP contribution in [-0.4, -0.2) is 23.8 Å². The molecule has 20 heavy (non-hydrogen) atoms. The van der Waals surface area contributed by atoms with E-state index < -0.39 is 18.0 Å². The van der Waals surface area contributed by atoms with Gasteiger partial charge in [-0.3, -0.25) is 4.79 Å². The maximum absolute atomic E-state index is 12.1.